The third-order valence-electron chi connectivity index (χ3n) is 11.5. The van der Waals surface area contributed by atoms with Gasteiger partial charge in [-0.05, 0) is 48.4 Å². The Morgan fingerprint density at radius 3 is 2.46 bits per heavy atom. The van der Waals surface area contributed by atoms with Gasteiger partial charge in [-0.2, -0.15) is 5.06 Å². The lowest BCUT2D eigenvalue weighted by Gasteiger charge is -2.50. The Kier molecular flexibility index (Phi) is 9.60. The van der Waals surface area contributed by atoms with Crippen molar-refractivity contribution < 1.29 is 48.4 Å². The summed E-state index contributed by atoms with van der Waals surface area (Å²) < 4.78 is 25.4. The van der Waals surface area contributed by atoms with Gasteiger partial charge in [0.25, 0.3) is 0 Å². The highest BCUT2D eigenvalue weighted by Crippen LogP contribution is 2.64. The first kappa shape index (κ1) is 35.2. The monoisotopic (exact) mass is 717 g/mol. The summed E-state index contributed by atoms with van der Waals surface area (Å²) in [5.41, 5.74) is 1.08. The molecule has 278 valence electrons. The highest BCUT2D eigenvalue weighted by Gasteiger charge is 2.78. The molecule has 8 rings (SSSR count). The first-order chi connectivity index (χ1) is 25.3. The lowest BCUT2D eigenvalue weighted by atomic mass is 9.62. The van der Waals surface area contributed by atoms with Crippen LogP contribution in [0.1, 0.15) is 48.8 Å². The van der Waals surface area contributed by atoms with Gasteiger partial charge in [-0.15, -0.1) is 0 Å². The topological polar surface area (TPSA) is 156 Å². The van der Waals surface area contributed by atoms with Crippen LogP contribution in [0.3, 0.4) is 0 Å². The summed E-state index contributed by atoms with van der Waals surface area (Å²) in [7, 11) is 1.60. The maximum absolute atomic E-state index is 15.4. The molecule has 0 aromatic heterocycles. The van der Waals surface area contributed by atoms with Gasteiger partial charge in [-0.3, -0.25) is 19.2 Å². The van der Waals surface area contributed by atoms with E-state index in [4.69, 9.17) is 28.9 Å². The predicted octanol–water partition coefficient (Wildman–Crippen LogP) is 1.94. The molecule has 2 aromatic rings. The number of fused-ring (bicyclic) bond motifs is 4. The summed E-state index contributed by atoms with van der Waals surface area (Å²) in [5, 5.41) is 22.9. The van der Waals surface area contributed by atoms with Crippen molar-refractivity contribution >= 4 is 23.9 Å². The van der Waals surface area contributed by atoms with E-state index in [1.165, 1.54) is 11.2 Å². The summed E-state index contributed by atoms with van der Waals surface area (Å²) >= 11 is 0. The van der Waals surface area contributed by atoms with Crippen molar-refractivity contribution in [1.29, 1.82) is 0 Å². The molecule has 3 N–H and O–H groups in total. The summed E-state index contributed by atoms with van der Waals surface area (Å²) in [5.74, 6) is -1.69. The smallest absolute Gasteiger partial charge is 0.327 e. The first-order valence-electron chi connectivity index (χ1n) is 18.5. The van der Waals surface area contributed by atoms with Crippen molar-refractivity contribution in [2.45, 2.75) is 87.4 Å². The van der Waals surface area contributed by atoms with Crippen LogP contribution in [0.15, 0.2) is 60.9 Å². The van der Waals surface area contributed by atoms with Crippen LogP contribution in [0.4, 0.5) is 0 Å². The fourth-order valence-electron chi connectivity index (χ4n) is 8.88. The first-order valence-corrected chi connectivity index (χ1v) is 18.5. The summed E-state index contributed by atoms with van der Waals surface area (Å²) in [4.78, 5) is 51.6. The number of carbonyl (C=O) groups is 3. The molecule has 0 radical (unpaired) electrons. The van der Waals surface area contributed by atoms with Gasteiger partial charge in [0.2, 0.25) is 11.8 Å². The second-order valence-corrected chi connectivity index (χ2v) is 14.9. The van der Waals surface area contributed by atoms with E-state index >= 15 is 4.79 Å². The van der Waals surface area contributed by atoms with E-state index < -0.39 is 65.5 Å². The molecule has 3 aliphatic carbocycles. The van der Waals surface area contributed by atoms with E-state index in [9.17, 15) is 14.7 Å². The van der Waals surface area contributed by atoms with Crippen LogP contribution in [-0.4, -0.2) is 114 Å². The Morgan fingerprint density at radius 2 is 1.75 bits per heavy atom. The Balaban J connectivity index is 1.16. The van der Waals surface area contributed by atoms with E-state index in [1.54, 1.807) is 18.2 Å². The lowest BCUT2D eigenvalue weighted by Crippen LogP contribution is -2.70. The number of aliphatic hydroxyl groups excluding tert-OH is 2. The number of hydroxylamine groups is 2. The quantitative estimate of drug-likeness (QED) is 0.141. The van der Waals surface area contributed by atoms with Crippen molar-refractivity contribution in [2.24, 2.45) is 17.3 Å². The van der Waals surface area contributed by atoms with E-state index in [2.05, 4.69) is 5.32 Å². The molecule has 2 amide bonds. The Morgan fingerprint density at radius 1 is 1.02 bits per heavy atom. The molecule has 7 unspecified atom stereocenters. The van der Waals surface area contributed by atoms with Gasteiger partial charge >= 0.3 is 5.97 Å². The number of benzene rings is 2. The van der Waals surface area contributed by atoms with Gasteiger partial charge in [0.15, 0.2) is 11.8 Å². The van der Waals surface area contributed by atoms with E-state index in [0.717, 1.165) is 42.4 Å². The van der Waals surface area contributed by atoms with Crippen molar-refractivity contribution in [1.82, 2.24) is 15.3 Å². The molecule has 13 heteroatoms. The average Bonchev–Trinajstić information content (AvgIpc) is 4.10. The van der Waals surface area contributed by atoms with Gasteiger partial charge in [-0.25, -0.2) is 0 Å². The third-order valence-corrected chi connectivity index (χ3v) is 11.5. The van der Waals surface area contributed by atoms with Crippen LogP contribution < -0.4 is 5.32 Å². The highest BCUT2D eigenvalue weighted by atomic mass is 16.8. The second-order valence-electron chi connectivity index (χ2n) is 14.9. The minimum atomic E-state index is -1.44. The second kappa shape index (κ2) is 14.2. The minimum Gasteiger partial charge on any atom is -0.499 e. The molecule has 6 fully saturated rings. The van der Waals surface area contributed by atoms with Gasteiger partial charge in [-0.1, -0.05) is 54.6 Å². The van der Waals surface area contributed by atoms with E-state index in [-0.39, 0.29) is 57.6 Å². The SMILES string of the molecule is CN(C(=O)C12CC3OC(=O)C1N(Cc1cccc(C=COCCO)c1)OC2C1OC(C2CC2)(C2CC2)OC31)C(Cc1ccccc1)C(=O)NCCO. The molecule has 6 aliphatic rings. The Bertz CT molecular complexity index is 1670. The molecule has 3 heterocycles. The molecular formula is C39H47N3O10. The molecule has 2 aromatic carbocycles. The van der Waals surface area contributed by atoms with E-state index in [0.29, 0.717) is 0 Å². The predicted molar refractivity (Wildman–Crippen MR) is 184 cm³/mol. The number of amides is 2. The maximum atomic E-state index is 15.4. The number of hydrogen-bond donors (Lipinski definition) is 3. The molecule has 52 heavy (non-hydrogen) atoms. The van der Waals surface area contributed by atoms with Crippen LogP contribution >= 0.6 is 0 Å². The lowest BCUT2D eigenvalue weighted by molar-refractivity contribution is -0.235. The molecular weight excluding hydrogens is 670 g/mol. The average molecular weight is 718 g/mol. The molecule has 13 nitrogen and oxygen atoms in total. The summed E-state index contributed by atoms with van der Waals surface area (Å²) in [6.45, 7) is 0.0430. The Hall–Kier alpha value is -3.85. The van der Waals surface area contributed by atoms with Crippen molar-refractivity contribution in [3.8, 4) is 0 Å². The zero-order valence-corrected chi connectivity index (χ0v) is 29.3. The summed E-state index contributed by atoms with van der Waals surface area (Å²) in [6.07, 6.45) is 4.78. The zero-order chi connectivity index (χ0) is 36.0. The number of rotatable bonds is 15. The highest BCUT2D eigenvalue weighted by molar-refractivity contribution is 5.96. The van der Waals surface area contributed by atoms with Crippen LogP contribution in [0.2, 0.25) is 0 Å². The van der Waals surface area contributed by atoms with Gasteiger partial charge in [0, 0.05) is 38.3 Å². The molecule has 3 aliphatic heterocycles. The van der Waals surface area contributed by atoms with Crippen LogP contribution in [0.5, 0.6) is 0 Å². The summed E-state index contributed by atoms with van der Waals surface area (Å²) in [6, 6.07) is 15.0. The molecule has 7 atom stereocenters. The van der Waals surface area contributed by atoms with Crippen molar-refractivity contribution in [3.05, 3.63) is 77.5 Å². The van der Waals surface area contributed by atoms with Crippen LogP contribution in [-0.2, 0) is 51.1 Å². The number of hydrogen-bond acceptors (Lipinski definition) is 11. The van der Waals surface area contributed by atoms with E-state index in [1.807, 2.05) is 54.6 Å². The Labute approximate surface area is 302 Å². The largest absolute Gasteiger partial charge is 0.499 e. The third kappa shape index (κ3) is 6.20. The molecule has 3 saturated carbocycles. The van der Waals surface area contributed by atoms with Crippen LogP contribution in [0.25, 0.3) is 6.08 Å². The normalized spacial score (nSPS) is 30.8. The number of aliphatic hydroxyl groups is 2. The number of nitrogens with zero attached hydrogens (tertiary/aromatic N) is 2. The van der Waals surface area contributed by atoms with Gasteiger partial charge < -0.3 is 39.4 Å². The van der Waals surface area contributed by atoms with Crippen molar-refractivity contribution in [2.75, 3.05) is 33.4 Å². The van der Waals surface area contributed by atoms with Gasteiger partial charge in [0.1, 0.15) is 42.5 Å². The number of ether oxygens (including phenoxy) is 4. The maximum Gasteiger partial charge on any atom is 0.327 e. The standard InChI is InChI=1S/C39H47N3O10/c1-41(29(35(45)40-15-16-43)21-24-6-3-2-4-7-24)37(47)38-22-30-31-32(51-39(50-31,27-10-11-27)28-12-13-28)34(38)52-42(33(38)36(46)49-30)23-26-9-5-8-25(20-26)14-18-48-19-17-44/h2-9,14,18,20,27-34,43-44H,10-13,15-17,19,21-23H2,1H3,(H,40,45). The number of esters is 1. The number of likely N-dealkylation sites (N-methyl/N-ethyl adjacent to an activating group) is 1. The fraction of sp³-hybridized carbons (Fsp3) is 0.564. The van der Waals surface area contributed by atoms with Gasteiger partial charge in [0.05, 0.1) is 26.0 Å². The minimum absolute atomic E-state index is 0.0367. The van der Waals surface area contributed by atoms with Crippen molar-refractivity contribution in [3.63, 3.8) is 0 Å². The number of nitrogens with one attached hydrogen (secondary N) is 1. The van der Waals surface area contributed by atoms with Crippen LogP contribution in [0, 0.1) is 17.3 Å². The molecule has 0 spiro atoms. The molecule has 2 bridgehead atoms. The number of carbonyl (C=O) groups excluding carboxylic acids is 3. The fourth-order valence-corrected chi connectivity index (χ4v) is 8.88. The molecule has 3 saturated heterocycles. The zero-order valence-electron chi connectivity index (χ0n) is 29.3.